The maximum absolute atomic E-state index is 12.3. The average Bonchev–Trinajstić information content (AvgIpc) is 2.99. The van der Waals surface area contributed by atoms with Crippen LogP contribution in [0.5, 0.6) is 0 Å². The van der Waals surface area contributed by atoms with E-state index >= 15 is 0 Å². The maximum atomic E-state index is 12.3. The van der Waals surface area contributed by atoms with E-state index in [0.717, 1.165) is 6.42 Å². The minimum Gasteiger partial charge on any atom is -0.481 e. The second kappa shape index (κ2) is 6.32. The van der Waals surface area contributed by atoms with Crippen LogP contribution in [0.3, 0.4) is 0 Å². The molecule has 0 aromatic rings. The maximum Gasteiger partial charge on any atom is 0.307 e. The molecule has 4 atom stereocenters. The van der Waals surface area contributed by atoms with Gasteiger partial charge in [-0.2, -0.15) is 0 Å². The van der Waals surface area contributed by atoms with Crippen molar-refractivity contribution in [2.75, 3.05) is 13.2 Å². The Balaban J connectivity index is 1.86. The monoisotopic (exact) mass is 299 g/mol. The molecular formula is C15H25NO5. The van der Waals surface area contributed by atoms with E-state index in [1.54, 1.807) is 0 Å². The number of amides is 1. The number of carbonyl (C=O) groups excluding carboxylic acids is 1. The second-order valence-corrected chi connectivity index (χ2v) is 6.49. The highest BCUT2D eigenvalue weighted by atomic mass is 16.7. The summed E-state index contributed by atoms with van der Waals surface area (Å²) in [7, 11) is 0. The molecule has 1 heterocycles. The van der Waals surface area contributed by atoms with E-state index in [-0.39, 0.29) is 12.0 Å². The van der Waals surface area contributed by atoms with Gasteiger partial charge >= 0.3 is 5.97 Å². The van der Waals surface area contributed by atoms with Gasteiger partial charge in [-0.05, 0) is 32.6 Å². The zero-order valence-corrected chi connectivity index (χ0v) is 12.9. The van der Waals surface area contributed by atoms with Gasteiger partial charge in [-0.15, -0.1) is 0 Å². The fourth-order valence-electron chi connectivity index (χ4n) is 3.25. The molecule has 1 saturated carbocycles. The molecule has 2 fully saturated rings. The van der Waals surface area contributed by atoms with Gasteiger partial charge in [-0.1, -0.05) is 13.3 Å². The third-order valence-electron chi connectivity index (χ3n) is 4.46. The summed E-state index contributed by atoms with van der Waals surface area (Å²) in [5.41, 5.74) is 0. The topological polar surface area (TPSA) is 84.9 Å². The van der Waals surface area contributed by atoms with Crippen molar-refractivity contribution in [1.82, 2.24) is 5.32 Å². The van der Waals surface area contributed by atoms with Gasteiger partial charge in [0.1, 0.15) is 6.10 Å². The predicted molar refractivity (Wildman–Crippen MR) is 75.5 cm³/mol. The highest BCUT2D eigenvalue weighted by molar-refractivity contribution is 5.85. The fourth-order valence-corrected chi connectivity index (χ4v) is 3.25. The van der Waals surface area contributed by atoms with Crippen LogP contribution in [-0.4, -0.2) is 42.0 Å². The van der Waals surface area contributed by atoms with Gasteiger partial charge in [-0.3, -0.25) is 9.59 Å². The number of hydrogen-bond acceptors (Lipinski definition) is 4. The van der Waals surface area contributed by atoms with E-state index in [1.165, 1.54) is 0 Å². The number of hydrogen-bond donors (Lipinski definition) is 2. The van der Waals surface area contributed by atoms with Gasteiger partial charge < -0.3 is 19.9 Å². The van der Waals surface area contributed by atoms with Crippen molar-refractivity contribution in [2.24, 2.45) is 17.8 Å². The number of nitrogens with one attached hydrogen (secondary N) is 1. The molecule has 0 radical (unpaired) electrons. The largest absolute Gasteiger partial charge is 0.481 e. The molecular weight excluding hydrogens is 274 g/mol. The summed E-state index contributed by atoms with van der Waals surface area (Å²) in [6, 6.07) is 0. The lowest BCUT2D eigenvalue weighted by Crippen LogP contribution is -2.40. The van der Waals surface area contributed by atoms with Crippen LogP contribution in [0.4, 0.5) is 0 Å². The van der Waals surface area contributed by atoms with Gasteiger partial charge in [0, 0.05) is 6.54 Å². The number of carboxylic acid groups (broad SMARTS) is 1. The Labute approximate surface area is 125 Å². The lowest BCUT2D eigenvalue weighted by atomic mass is 9.95. The third-order valence-corrected chi connectivity index (χ3v) is 4.46. The highest BCUT2D eigenvalue weighted by Gasteiger charge is 2.42. The highest BCUT2D eigenvalue weighted by Crippen LogP contribution is 2.38. The van der Waals surface area contributed by atoms with Gasteiger partial charge in [0.05, 0.1) is 18.4 Å². The average molecular weight is 299 g/mol. The third kappa shape index (κ3) is 3.95. The van der Waals surface area contributed by atoms with Crippen molar-refractivity contribution < 1.29 is 24.2 Å². The van der Waals surface area contributed by atoms with Crippen molar-refractivity contribution in [3.05, 3.63) is 0 Å². The molecule has 0 aromatic heterocycles. The Kier molecular flexibility index (Phi) is 4.88. The summed E-state index contributed by atoms with van der Waals surface area (Å²) in [6.45, 7) is 6.51. The quantitative estimate of drug-likeness (QED) is 0.801. The molecule has 1 amide bonds. The van der Waals surface area contributed by atoms with E-state index in [9.17, 15) is 14.7 Å². The van der Waals surface area contributed by atoms with E-state index in [1.807, 2.05) is 20.8 Å². The zero-order valence-electron chi connectivity index (χ0n) is 12.9. The molecule has 6 nitrogen and oxygen atoms in total. The number of ether oxygens (including phenoxy) is 2. The Bertz CT molecular complexity index is 409. The fraction of sp³-hybridized carbons (Fsp3) is 0.867. The molecule has 6 heteroatoms. The van der Waals surface area contributed by atoms with Crippen molar-refractivity contribution in [1.29, 1.82) is 0 Å². The number of rotatable bonds is 5. The van der Waals surface area contributed by atoms with Crippen LogP contribution in [0.1, 0.15) is 40.0 Å². The van der Waals surface area contributed by atoms with Crippen LogP contribution in [0.25, 0.3) is 0 Å². The minimum absolute atomic E-state index is 0.171. The first kappa shape index (κ1) is 16.2. The molecule has 0 aromatic carbocycles. The Morgan fingerprint density at radius 2 is 1.95 bits per heavy atom. The van der Waals surface area contributed by atoms with Crippen LogP contribution in [0.2, 0.25) is 0 Å². The minimum atomic E-state index is -0.868. The van der Waals surface area contributed by atoms with Crippen LogP contribution < -0.4 is 5.32 Å². The molecule has 0 spiro atoms. The standard InChI is InChI=1S/C15H25NO5/c1-4-9-5-11(12(6-9)14(18)19)13(17)16-7-10-8-20-15(2,3)21-10/h9-12H,4-8H2,1-3H3,(H,16,17)(H,18,19). The van der Waals surface area contributed by atoms with Crippen molar-refractivity contribution in [3.63, 3.8) is 0 Å². The molecule has 4 unspecified atom stereocenters. The van der Waals surface area contributed by atoms with Crippen molar-refractivity contribution in [3.8, 4) is 0 Å². The lowest BCUT2D eigenvalue weighted by Gasteiger charge is -2.19. The van der Waals surface area contributed by atoms with Gasteiger partial charge in [0.25, 0.3) is 0 Å². The number of carbonyl (C=O) groups is 2. The first-order valence-corrected chi connectivity index (χ1v) is 7.64. The summed E-state index contributed by atoms with van der Waals surface area (Å²) < 4.78 is 11.1. The van der Waals surface area contributed by atoms with E-state index < -0.39 is 23.6 Å². The Hall–Kier alpha value is -1.14. The number of aliphatic carboxylic acids is 1. The predicted octanol–water partition coefficient (Wildman–Crippen LogP) is 1.39. The van der Waals surface area contributed by atoms with Crippen LogP contribution >= 0.6 is 0 Å². The molecule has 1 aliphatic heterocycles. The summed E-state index contributed by atoms with van der Waals surface area (Å²) in [4.78, 5) is 23.6. The zero-order chi connectivity index (χ0) is 15.6. The van der Waals surface area contributed by atoms with E-state index in [2.05, 4.69) is 5.32 Å². The molecule has 1 aliphatic carbocycles. The van der Waals surface area contributed by atoms with Gasteiger partial charge in [0.2, 0.25) is 5.91 Å². The van der Waals surface area contributed by atoms with E-state index in [4.69, 9.17) is 9.47 Å². The van der Waals surface area contributed by atoms with Crippen LogP contribution in [-0.2, 0) is 19.1 Å². The second-order valence-electron chi connectivity index (χ2n) is 6.49. The van der Waals surface area contributed by atoms with Gasteiger partial charge in [0.15, 0.2) is 5.79 Å². The molecule has 0 bridgehead atoms. The normalized spacial score (nSPS) is 34.8. The molecule has 2 rings (SSSR count). The molecule has 21 heavy (non-hydrogen) atoms. The summed E-state index contributed by atoms with van der Waals surface area (Å²) in [5.74, 6) is -2.32. The summed E-state index contributed by atoms with van der Waals surface area (Å²) in [5, 5.41) is 12.1. The molecule has 1 saturated heterocycles. The summed E-state index contributed by atoms with van der Waals surface area (Å²) >= 11 is 0. The van der Waals surface area contributed by atoms with Crippen LogP contribution in [0, 0.1) is 17.8 Å². The van der Waals surface area contributed by atoms with Crippen molar-refractivity contribution in [2.45, 2.75) is 51.9 Å². The summed E-state index contributed by atoms with van der Waals surface area (Å²) in [6.07, 6.45) is 2.00. The first-order valence-electron chi connectivity index (χ1n) is 7.64. The smallest absolute Gasteiger partial charge is 0.307 e. The Morgan fingerprint density at radius 3 is 2.48 bits per heavy atom. The lowest BCUT2D eigenvalue weighted by molar-refractivity contribution is -0.146. The molecule has 120 valence electrons. The van der Waals surface area contributed by atoms with E-state index in [0.29, 0.717) is 31.9 Å². The Morgan fingerprint density at radius 1 is 1.29 bits per heavy atom. The number of carboxylic acids is 1. The molecule has 2 N–H and O–H groups in total. The molecule has 2 aliphatic rings. The van der Waals surface area contributed by atoms with Crippen LogP contribution in [0.15, 0.2) is 0 Å². The van der Waals surface area contributed by atoms with Crippen molar-refractivity contribution >= 4 is 11.9 Å². The SMILES string of the molecule is CCC1CC(C(=O)O)C(C(=O)NCC2COC(C)(C)O2)C1. The first-order chi connectivity index (χ1) is 9.82. The van der Waals surface area contributed by atoms with Gasteiger partial charge in [-0.25, -0.2) is 0 Å².